The molecule has 2 rings (SSSR count). The van der Waals surface area contributed by atoms with Crippen LogP contribution >= 0.6 is 0 Å². The van der Waals surface area contributed by atoms with Crippen molar-refractivity contribution >= 4 is 17.8 Å². The van der Waals surface area contributed by atoms with Crippen molar-refractivity contribution in [2.75, 3.05) is 32.5 Å². The zero-order chi connectivity index (χ0) is 14.7. The highest BCUT2D eigenvalue weighted by Gasteiger charge is 2.23. The third-order valence-corrected chi connectivity index (χ3v) is 3.05. The molecule has 1 unspecified atom stereocenters. The normalized spacial score (nSPS) is 18.1. The molecule has 1 aliphatic rings. The van der Waals surface area contributed by atoms with Gasteiger partial charge in [-0.2, -0.15) is 0 Å². The summed E-state index contributed by atoms with van der Waals surface area (Å²) >= 11 is 0. The van der Waals surface area contributed by atoms with Gasteiger partial charge in [0.25, 0.3) is 0 Å². The van der Waals surface area contributed by atoms with E-state index in [-0.39, 0.29) is 24.5 Å². The van der Waals surface area contributed by atoms with Crippen LogP contribution in [0, 0.1) is 0 Å². The number of urea groups is 1. The lowest BCUT2D eigenvalue weighted by Crippen LogP contribution is -2.34. The number of amides is 3. The molecule has 1 atom stereocenters. The van der Waals surface area contributed by atoms with Crippen LogP contribution < -0.4 is 11.1 Å². The van der Waals surface area contributed by atoms with E-state index in [0.717, 1.165) is 6.42 Å². The van der Waals surface area contributed by atoms with E-state index in [1.54, 1.807) is 19.0 Å². The number of carbonyl (C=O) groups is 2. The average Bonchev–Trinajstić information content (AvgIpc) is 2.98. The van der Waals surface area contributed by atoms with Crippen molar-refractivity contribution < 1.29 is 9.59 Å². The lowest BCUT2D eigenvalue weighted by Gasteiger charge is -2.15. The molecule has 1 fully saturated rings. The van der Waals surface area contributed by atoms with E-state index in [4.69, 9.17) is 5.73 Å². The molecule has 3 amide bonds. The molecule has 20 heavy (non-hydrogen) atoms. The minimum atomic E-state index is -0.297. The molecule has 1 saturated heterocycles. The van der Waals surface area contributed by atoms with Crippen LogP contribution in [0.15, 0.2) is 6.20 Å². The van der Waals surface area contributed by atoms with E-state index in [1.807, 2.05) is 0 Å². The van der Waals surface area contributed by atoms with Gasteiger partial charge >= 0.3 is 6.03 Å². The first-order valence-electron chi connectivity index (χ1n) is 6.37. The van der Waals surface area contributed by atoms with E-state index in [0.29, 0.717) is 18.9 Å². The zero-order valence-corrected chi connectivity index (χ0v) is 11.6. The summed E-state index contributed by atoms with van der Waals surface area (Å²) in [6, 6.07) is -0.237. The Kier molecular flexibility index (Phi) is 4.18. The van der Waals surface area contributed by atoms with E-state index >= 15 is 0 Å². The highest BCUT2D eigenvalue weighted by Crippen LogP contribution is 2.08. The highest BCUT2D eigenvalue weighted by atomic mass is 16.2. The lowest BCUT2D eigenvalue weighted by molar-refractivity contribution is -0.131. The second-order valence-corrected chi connectivity index (χ2v) is 5.01. The van der Waals surface area contributed by atoms with Crippen molar-refractivity contribution in [2.24, 2.45) is 5.73 Å². The fourth-order valence-electron chi connectivity index (χ4n) is 1.91. The fraction of sp³-hybridized carbons (Fsp3) is 0.636. The molecular weight excluding hydrogens is 262 g/mol. The molecule has 0 bridgehead atoms. The SMILES string of the molecule is CN(C)C(=O)Nc1cn(CC(=O)N2CCC(N)C2)nn1. The molecule has 1 aromatic rings. The van der Waals surface area contributed by atoms with E-state index in [1.165, 1.54) is 15.8 Å². The monoisotopic (exact) mass is 281 g/mol. The van der Waals surface area contributed by atoms with Gasteiger partial charge in [0.15, 0.2) is 5.82 Å². The molecule has 0 saturated carbocycles. The minimum absolute atomic E-state index is 0.0478. The Bertz CT molecular complexity index is 499. The Morgan fingerprint density at radius 1 is 1.55 bits per heavy atom. The standard InChI is InChI=1S/C11H19N7O2/c1-16(2)11(20)13-9-6-18(15-14-9)7-10(19)17-4-3-8(12)5-17/h6,8H,3-5,7,12H2,1-2H3,(H,13,20). The van der Waals surface area contributed by atoms with Crippen LogP contribution in [0.2, 0.25) is 0 Å². The predicted molar refractivity (Wildman–Crippen MR) is 71.9 cm³/mol. The summed E-state index contributed by atoms with van der Waals surface area (Å²) in [6.07, 6.45) is 2.35. The van der Waals surface area contributed by atoms with Crippen molar-refractivity contribution in [2.45, 2.75) is 19.0 Å². The van der Waals surface area contributed by atoms with Gasteiger partial charge in [0.2, 0.25) is 5.91 Å². The summed E-state index contributed by atoms with van der Waals surface area (Å²) in [6.45, 7) is 1.36. The number of carbonyl (C=O) groups excluding carboxylic acids is 2. The number of nitrogens with zero attached hydrogens (tertiary/aromatic N) is 5. The summed E-state index contributed by atoms with van der Waals surface area (Å²) in [5.74, 6) is 0.267. The van der Waals surface area contributed by atoms with Crippen LogP contribution in [-0.2, 0) is 11.3 Å². The van der Waals surface area contributed by atoms with Crippen molar-refractivity contribution in [1.82, 2.24) is 24.8 Å². The Balaban J connectivity index is 1.89. The first kappa shape index (κ1) is 14.3. The highest BCUT2D eigenvalue weighted by molar-refractivity contribution is 5.87. The molecule has 9 heteroatoms. The van der Waals surface area contributed by atoms with E-state index in [9.17, 15) is 9.59 Å². The molecule has 9 nitrogen and oxygen atoms in total. The lowest BCUT2D eigenvalue weighted by atomic mass is 10.3. The molecule has 1 aliphatic heterocycles. The molecule has 110 valence electrons. The van der Waals surface area contributed by atoms with Crippen molar-refractivity contribution in [1.29, 1.82) is 0 Å². The number of aromatic nitrogens is 3. The number of anilines is 1. The topological polar surface area (TPSA) is 109 Å². The van der Waals surface area contributed by atoms with Crippen molar-refractivity contribution in [3.63, 3.8) is 0 Å². The first-order chi connectivity index (χ1) is 9.45. The summed E-state index contributed by atoms with van der Waals surface area (Å²) in [7, 11) is 3.25. The Morgan fingerprint density at radius 2 is 2.30 bits per heavy atom. The van der Waals surface area contributed by atoms with Gasteiger partial charge in [-0.3, -0.25) is 10.1 Å². The third kappa shape index (κ3) is 3.44. The van der Waals surface area contributed by atoms with Crippen LogP contribution in [0.3, 0.4) is 0 Å². The Hall–Kier alpha value is -2.16. The quantitative estimate of drug-likeness (QED) is 0.733. The molecule has 3 N–H and O–H groups in total. The first-order valence-corrected chi connectivity index (χ1v) is 6.37. The molecule has 1 aromatic heterocycles. The number of rotatable bonds is 3. The minimum Gasteiger partial charge on any atom is -0.339 e. The summed E-state index contributed by atoms with van der Waals surface area (Å²) < 4.78 is 1.40. The smallest absolute Gasteiger partial charge is 0.322 e. The van der Waals surface area contributed by atoms with Gasteiger partial charge in [0, 0.05) is 33.2 Å². The number of likely N-dealkylation sites (tertiary alicyclic amines) is 1. The molecule has 0 aromatic carbocycles. The largest absolute Gasteiger partial charge is 0.339 e. The van der Waals surface area contributed by atoms with Crippen LogP contribution in [0.4, 0.5) is 10.6 Å². The number of hydrogen-bond donors (Lipinski definition) is 2. The van der Waals surface area contributed by atoms with E-state index < -0.39 is 0 Å². The van der Waals surface area contributed by atoms with Crippen LogP contribution in [0.5, 0.6) is 0 Å². The van der Waals surface area contributed by atoms with Gasteiger partial charge in [-0.1, -0.05) is 5.21 Å². The molecule has 0 spiro atoms. The number of hydrogen-bond acceptors (Lipinski definition) is 5. The molecule has 0 radical (unpaired) electrons. The van der Waals surface area contributed by atoms with Gasteiger partial charge in [0.05, 0.1) is 6.20 Å². The fourth-order valence-corrected chi connectivity index (χ4v) is 1.91. The summed E-state index contributed by atoms with van der Waals surface area (Å²) in [5, 5.41) is 10.2. The van der Waals surface area contributed by atoms with Crippen LogP contribution in [0.1, 0.15) is 6.42 Å². The van der Waals surface area contributed by atoms with Crippen molar-refractivity contribution in [3.8, 4) is 0 Å². The number of nitrogens with two attached hydrogens (primary N) is 1. The summed E-state index contributed by atoms with van der Waals surface area (Å²) in [5.41, 5.74) is 5.76. The maximum Gasteiger partial charge on any atom is 0.322 e. The van der Waals surface area contributed by atoms with Gasteiger partial charge in [-0.05, 0) is 6.42 Å². The third-order valence-electron chi connectivity index (χ3n) is 3.05. The predicted octanol–water partition coefficient (Wildman–Crippen LogP) is -1.07. The number of nitrogens with one attached hydrogen (secondary N) is 1. The van der Waals surface area contributed by atoms with E-state index in [2.05, 4.69) is 15.6 Å². The van der Waals surface area contributed by atoms with Gasteiger partial charge in [0.1, 0.15) is 6.54 Å². The van der Waals surface area contributed by atoms with Gasteiger partial charge in [-0.25, -0.2) is 9.48 Å². The van der Waals surface area contributed by atoms with Gasteiger partial charge in [-0.15, -0.1) is 5.10 Å². The van der Waals surface area contributed by atoms with Crippen molar-refractivity contribution in [3.05, 3.63) is 6.20 Å². The zero-order valence-electron chi connectivity index (χ0n) is 11.6. The van der Waals surface area contributed by atoms with Crippen LogP contribution in [0.25, 0.3) is 0 Å². The molecule has 2 heterocycles. The maximum atomic E-state index is 12.0. The molecule has 0 aliphatic carbocycles. The maximum absolute atomic E-state index is 12.0. The Morgan fingerprint density at radius 3 is 2.90 bits per heavy atom. The molecular formula is C11H19N7O2. The summed E-state index contributed by atoms with van der Waals surface area (Å²) in [4.78, 5) is 26.5. The van der Waals surface area contributed by atoms with Gasteiger partial charge < -0.3 is 15.5 Å². The second-order valence-electron chi connectivity index (χ2n) is 5.01. The average molecular weight is 281 g/mol. The van der Waals surface area contributed by atoms with Crippen LogP contribution in [-0.4, -0.2) is 70.0 Å². The second kappa shape index (κ2) is 5.87. The Labute approximate surface area is 116 Å².